The normalized spacial score (nSPS) is 15.7. The van der Waals surface area contributed by atoms with E-state index in [1.807, 2.05) is 45.9 Å². The number of anilines is 1. The summed E-state index contributed by atoms with van der Waals surface area (Å²) in [6, 6.07) is 11.2. The molecular formula is C32H45N3O5. The Kier molecular flexibility index (Phi) is 10.2. The summed E-state index contributed by atoms with van der Waals surface area (Å²) in [5.74, 6) is -0.0820. The van der Waals surface area contributed by atoms with Crippen molar-refractivity contribution in [3.05, 3.63) is 59.2 Å². The van der Waals surface area contributed by atoms with Crippen LogP contribution in [0.25, 0.3) is 0 Å². The fraction of sp³-hybridized carbons (Fsp3) is 0.531. The molecule has 1 fully saturated rings. The van der Waals surface area contributed by atoms with Gasteiger partial charge in [-0.3, -0.25) is 9.59 Å². The maximum Gasteiger partial charge on any atom is 0.408 e. The van der Waals surface area contributed by atoms with Gasteiger partial charge in [0.15, 0.2) is 0 Å². The third kappa shape index (κ3) is 7.99. The largest absolute Gasteiger partial charge is 0.497 e. The number of benzene rings is 2. The first-order chi connectivity index (χ1) is 18.8. The highest BCUT2D eigenvalue weighted by Gasteiger charge is 2.43. The zero-order valence-electron chi connectivity index (χ0n) is 25.2. The van der Waals surface area contributed by atoms with Crippen LogP contribution in [0.4, 0.5) is 10.5 Å². The molecule has 1 saturated carbocycles. The van der Waals surface area contributed by atoms with Crippen LogP contribution in [0.5, 0.6) is 5.75 Å². The average Bonchev–Trinajstić information content (AvgIpc) is 2.83. The van der Waals surface area contributed by atoms with Crippen LogP contribution in [0, 0.1) is 19.8 Å². The van der Waals surface area contributed by atoms with Gasteiger partial charge in [-0.1, -0.05) is 49.6 Å². The van der Waals surface area contributed by atoms with Gasteiger partial charge < -0.3 is 25.0 Å². The Bertz CT molecular complexity index is 1160. The lowest BCUT2D eigenvalue weighted by molar-refractivity contribution is -0.147. The van der Waals surface area contributed by atoms with E-state index in [4.69, 9.17) is 9.47 Å². The Morgan fingerprint density at radius 2 is 1.62 bits per heavy atom. The summed E-state index contributed by atoms with van der Waals surface area (Å²) in [7, 11) is 1.59. The topological polar surface area (TPSA) is 97.0 Å². The van der Waals surface area contributed by atoms with E-state index in [1.54, 1.807) is 57.0 Å². The van der Waals surface area contributed by atoms with E-state index >= 15 is 0 Å². The van der Waals surface area contributed by atoms with Gasteiger partial charge in [0.2, 0.25) is 5.91 Å². The van der Waals surface area contributed by atoms with Gasteiger partial charge in [0, 0.05) is 11.7 Å². The second-order valence-corrected chi connectivity index (χ2v) is 11.9. The molecule has 3 atom stereocenters. The van der Waals surface area contributed by atoms with Crippen molar-refractivity contribution in [3.8, 4) is 5.75 Å². The monoisotopic (exact) mass is 551 g/mol. The summed E-state index contributed by atoms with van der Waals surface area (Å²) >= 11 is 0. The molecule has 0 bridgehead atoms. The zero-order chi connectivity index (χ0) is 29.6. The lowest BCUT2D eigenvalue weighted by atomic mass is 9.86. The number of methoxy groups -OCH3 is 1. The number of rotatable bonds is 10. The molecule has 0 aliphatic heterocycles. The first-order valence-electron chi connectivity index (χ1n) is 14.2. The summed E-state index contributed by atoms with van der Waals surface area (Å²) < 4.78 is 10.8. The van der Waals surface area contributed by atoms with Gasteiger partial charge in [-0.25, -0.2) is 4.79 Å². The van der Waals surface area contributed by atoms with Crippen LogP contribution in [0.1, 0.15) is 83.0 Å². The van der Waals surface area contributed by atoms with Crippen molar-refractivity contribution >= 4 is 23.6 Å². The number of aryl methyl sites for hydroxylation is 2. The van der Waals surface area contributed by atoms with Gasteiger partial charge in [0.05, 0.1) is 7.11 Å². The number of nitrogens with one attached hydrogen (secondary N) is 2. The lowest BCUT2D eigenvalue weighted by Crippen LogP contribution is -2.58. The van der Waals surface area contributed by atoms with E-state index in [2.05, 4.69) is 10.6 Å². The summed E-state index contributed by atoms with van der Waals surface area (Å²) in [4.78, 5) is 43.1. The Balaban J connectivity index is 2.05. The molecule has 1 aliphatic carbocycles. The molecule has 40 heavy (non-hydrogen) atoms. The van der Waals surface area contributed by atoms with E-state index in [0.29, 0.717) is 17.9 Å². The highest BCUT2D eigenvalue weighted by atomic mass is 16.6. The standard InChI is InChI=1S/C32H45N3O5/c1-9-22(4)27(34-31(38)40-32(5,6)7)30(37)35(25-11-10-12-25)28(23-18-20(2)17-21(3)19-23)29(36)33-24-13-15-26(39-8)16-14-24/h13-19,22,25,27-28H,9-12H2,1-8H3,(H,33,36)(H,34,38). The van der Waals surface area contributed by atoms with Crippen molar-refractivity contribution in [2.24, 2.45) is 5.92 Å². The number of alkyl carbamates (subject to hydrolysis) is 1. The number of ether oxygens (including phenoxy) is 2. The highest BCUT2D eigenvalue weighted by molar-refractivity contribution is 5.99. The molecule has 0 spiro atoms. The van der Waals surface area contributed by atoms with Gasteiger partial charge in [-0.2, -0.15) is 0 Å². The van der Waals surface area contributed by atoms with E-state index in [0.717, 1.165) is 36.0 Å². The molecular weight excluding hydrogens is 506 g/mol. The van der Waals surface area contributed by atoms with Crippen LogP contribution in [-0.4, -0.2) is 47.6 Å². The number of nitrogens with zero attached hydrogens (tertiary/aromatic N) is 1. The van der Waals surface area contributed by atoms with Gasteiger partial charge >= 0.3 is 6.09 Å². The summed E-state index contributed by atoms with van der Waals surface area (Å²) in [6.07, 6.45) is 2.58. The molecule has 3 amide bonds. The van der Waals surface area contributed by atoms with Crippen LogP contribution < -0.4 is 15.4 Å². The minimum Gasteiger partial charge on any atom is -0.497 e. The lowest BCUT2D eigenvalue weighted by Gasteiger charge is -2.44. The third-order valence-corrected chi connectivity index (χ3v) is 7.32. The van der Waals surface area contributed by atoms with Gasteiger partial charge in [0.25, 0.3) is 5.91 Å². The van der Waals surface area contributed by atoms with Crippen molar-refractivity contribution in [3.63, 3.8) is 0 Å². The van der Waals surface area contributed by atoms with E-state index in [9.17, 15) is 14.4 Å². The van der Waals surface area contributed by atoms with Crippen LogP contribution in [0.2, 0.25) is 0 Å². The predicted molar refractivity (Wildman–Crippen MR) is 157 cm³/mol. The first kappa shape index (κ1) is 31.0. The molecule has 0 heterocycles. The summed E-state index contributed by atoms with van der Waals surface area (Å²) in [5, 5.41) is 5.86. The van der Waals surface area contributed by atoms with Gasteiger partial charge in [-0.05, 0) is 89.6 Å². The minimum absolute atomic E-state index is 0.119. The fourth-order valence-electron chi connectivity index (χ4n) is 4.95. The number of carbonyl (C=O) groups excluding carboxylic acids is 3. The Hall–Kier alpha value is -3.55. The van der Waals surface area contributed by atoms with E-state index in [-0.39, 0.29) is 23.8 Å². The number of hydrogen-bond donors (Lipinski definition) is 2. The number of carbonyl (C=O) groups is 3. The van der Waals surface area contributed by atoms with Crippen molar-refractivity contribution in [1.82, 2.24) is 10.2 Å². The minimum atomic E-state index is -0.884. The van der Waals surface area contributed by atoms with Crippen molar-refractivity contribution in [1.29, 1.82) is 0 Å². The molecule has 8 heteroatoms. The molecule has 0 radical (unpaired) electrons. The van der Waals surface area contributed by atoms with Crippen molar-refractivity contribution in [2.75, 3.05) is 12.4 Å². The quantitative estimate of drug-likeness (QED) is 0.361. The fourth-order valence-corrected chi connectivity index (χ4v) is 4.95. The second-order valence-electron chi connectivity index (χ2n) is 11.9. The molecule has 2 aromatic rings. The second kappa shape index (κ2) is 13.2. The van der Waals surface area contributed by atoms with Crippen LogP contribution in [-0.2, 0) is 14.3 Å². The molecule has 218 valence electrons. The SMILES string of the molecule is CCC(C)C(NC(=O)OC(C)(C)C)C(=O)N(C1CCC1)C(C(=O)Nc1ccc(OC)cc1)c1cc(C)cc(C)c1. The molecule has 3 rings (SSSR count). The molecule has 1 aliphatic rings. The highest BCUT2D eigenvalue weighted by Crippen LogP contribution is 2.36. The summed E-state index contributed by atoms with van der Waals surface area (Å²) in [5.41, 5.74) is 2.64. The van der Waals surface area contributed by atoms with Crippen LogP contribution >= 0.6 is 0 Å². The Labute approximate surface area is 238 Å². The number of hydrogen-bond acceptors (Lipinski definition) is 5. The molecule has 0 saturated heterocycles. The average molecular weight is 552 g/mol. The molecule has 3 unspecified atom stereocenters. The van der Waals surface area contributed by atoms with Crippen LogP contribution in [0.3, 0.4) is 0 Å². The molecule has 0 aromatic heterocycles. The smallest absolute Gasteiger partial charge is 0.408 e. The molecule has 2 N–H and O–H groups in total. The third-order valence-electron chi connectivity index (χ3n) is 7.32. The van der Waals surface area contributed by atoms with Crippen LogP contribution in [0.15, 0.2) is 42.5 Å². The maximum atomic E-state index is 14.5. The summed E-state index contributed by atoms with van der Waals surface area (Å²) in [6.45, 7) is 13.2. The number of amides is 3. The van der Waals surface area contributed by atoms with E-state index < -0.39 is 23.8 Å². The molecule has 2 aromatic carbocycles. The Morgan fingerprint density at radius 3 is 2.10 bits per heavy atom. The zero-order valence-corrected chi connectivity index (χ0v) is 25.2. The van der Waals surface area contributed by atoms with E-state index in [1.165, 1.54) is 0 Å². The van der Waals surface area contributed by atoms with Crippen molar-refractivity contribution in [2.45, 2.75) is 97.9 Å². The van der Waals surface area contributed by atoms with Crippen molar-refractivity contribution < 1.29 is 23.9 Å². The Morgan fingerprint density at radius 1 is 1.02 bits per heavy atom. The molecule has 8 nitrogen and oxygen atoms in total. The predicted octanol–water partition coefficient (Wildman–Crippen LogP) is 6.31. The van der Waals surface area contributed by atoms with Gasteiger partial charge in [0.1, 0.15) is 23.4 Å². The first-order valence-corrected chi connectivity index (χ1v) is 14.2. The maximum absolute atomic E-state index is 14.5. The van der Waals surface area contributed by atoms with Gasteiger partial charge in [-0.15, -0.1) is 0 Å².